The van der Waals surface area contributed by atoms with Crippen LogP contribution in [0.3, 0.4) is 0 Å². The third kappa shape index (κ3) is 2.64. The maximum Gasteiger partial charge on any atom is 0.123 e. The molecule has 1 atom stereocenters. The molecule has 1 heterocycles. The van der Waals surface area contributed by atoms with E-state index < -0.39 is 0 Å². The van der Waals surface area contributed by atoms with Crippen molar-refractivity contribution < 1.29 is 4.39 Å². The SMILES string of the molecule is NC(Cc1csc2ccccc12)c1cc(F)ccc1Br. The summed E-state index contributed by atoms with van der Waals surface area (Å²) in [6.07, 6.45) is 0.700. The van der Waals surface area contributed by atoms with E-state index in [4.69, 9.17) is 5.73 Å². The standard InChI is InChI=1S/C16H13BrFNS/c17-14-6-5-11(18)8-13(14)15(19)7-10-9-20-16-4-2-1-3-12(10)16/h1-6,8-9,15H,7,19H2. The van der Waals surface area contributed by atoms with Crippen LogP contribution in [0.25, 0.3) is 10.1 Å². The van der Waals surface area contributed by atoms with E-state index in [-0.39, 0.29) is 11.9 Å². The van der Waals surface area contributed by atoms with Crippen LogP contribution >= 0.6 is 27.3 Å². The Morgan fingerprint density at radius 3 is 2.85 bits per heavy atom. The molecule has 0 saturated carbocycles. The predicted molar refractivity (Wildman–Crippen MR) is 86.6 cm³/mol. The highest BCUT2D eigenvalue weighted by Gasteiger charge is 2.14. The van der Waals surface area contributed by atoms with E-state index in [0.29, 0.717) is 6.42 Å². The zero-order valence-electron chi connectivity index (χ0n) is 10.6. The maximum atomic E-state index is 13.4. The second kappa shape index (κ2) is 5.64. The highest BCUT2D eigenvalue weighted by atomic mass is 79.9. The molecule has 1 nitrogen and oxygen atoms in total. The summed E-state index contributed by atoms with van der Waals surface area (Å²) in [4.78, 5) is 0. The Hall–Kier alpha value is -1.23. The van der Waals surface area contributed by atoms with Gasteiger partial charge in [-0.05, 0) is 52.6 Å². The Kier molecular flexibility index (Phi) is 3.87. The first-order valence-electron chi connectivity index (χ1n) is 6.31. The van der Waals surface area contributed by atoms with Gasteiger partial charge in [-0.25, -0.2) is 4.39 Å². The van der Waals surface area contributed by atoms with Crippen molar-refractivity contribution in [3.63, 3.8) is 0 Å². The molecular weight excluding hydrogens is 337 g/mol. The molecule has 1 aromatic heterocycles. The normalized spacial score (nSPS) is 12.8. The molecule has 0 aliphatic heterocycles. The van der Waals surface area contributed by atoms with Crippen molar-refractivity contribution in [1.82, 2.24) is 0 Å². The smallest absolute Gasteiger partial charge is 0.123 e. The van der Waals surface area contributed by atoms with Crippen LogP contribution in [0.2, 0.25) is 0 Å². The first-order valence-corrected chi connectivity index (χ1v) is 7.98. The van der Waals surface area contributed by atoms with Gasteiger partial charge in [0.2, 0.25) is 0 Å². The summed E-state index contributed by atoms with van der Waals surface area (Å²) in [5, 5.41) is 3.37. The second-order valence-electron chi connectivity index (χ2n) is 4.73. The van der Waals surface area contributed by atoms with E-state index in [1.165, 1.54) is 27.8 Å². The summed E-state index contributed by atoms with van der Waals surface area (Å²) < 4.78 is 15.5. The van der Waals surface area contributed by atoms with E-state index in [1.54, 1.807) is 17.4 Å². The number of thiophene rings is 1. The van der Waals surface area contributed by atoms with Crippen LogP contribution in [0.15, 0.2) is 52.3 Å². The van der Waals surface area contributed by atoms with Gasteiger partial charge in [-0.15, -0.1) is 11.3 Å². The monoisotopic (exact) mass is 349 g/mol. The number of fused-ring (bicyclic) bond motifs is 1. The molecule has 0 aliphatic carbocycles. The van der Waals surface area contributed by atoms with E-state index in [2.05, 4.69) is 33.4 Å². The summed E-state index contributed by atoms with van der Waals surface area (Å²) in [5.41, 5.74) is 8.28. The van der Waals surface area contributed by atoms with Gasteiger partial charge in [-0.1, -0.05) is 34.1 Å². The van der Waals surface area contributed by atoms with Gasteiger partial charge < -0.3 is 5.73 Å². The zero-order chi connectivity index (χ0) is 14.1. The van der Waals surface area contributed by atoms with Crippen LogP contribution in [0.5, 0.6) is 0 Å². The largest absolute Gasteiger partial charge is 0.324 e. The van der Waals surface area contributed by atoms with Gasteiger partial charge >= 0.3 is 0 Å². The summed E-state index contributed by atoms with van der Waals surface area (Å²) >= 11 is 5.16. The molecule has 2 N–H and O–H groups in total. The summed E-state index contributed by atoms with van der Waals surface area (Å²) in [7, 11) is 0. The minimum atomic E-state index is -0.256. The van der Waals surface area contributed by atoms with Crippen LogP contribution in [0.1, 0.15) is 17.2 Å². The first-order chi connectivity index (χ1) is 9.65. The number of rotatable bonds is 3. The quantitative estimate of drug-likeness (QED) is 0.703. The molecule has 0 aliphatic rings. The van der Waals surface area contributed by atoms with E-state index in [1.807, 2.05) is 12.1 Å². The molecule has 2 aromatic carbocycles. The predicted octanol–water partition coefficient (Wildman–Crippen LogP) is 5.05. The Labute approximate surface area is 129 Å². The minimum absolute atomic E-state index is 0.224. The van der Waals surface area contributed by atoms with Gasteiger partial charge in [0.25, 0.3) is 0 Å². The number of halogens is 2. The fourth-order valence-electron chi connectivity index (χ4n) is 2.34. The van der Waals surface area contributed by atoms with Crippen LogP contribution in [-0.4, -0.2) is 0 Å². The third-order valence-electron chi connectivity index (χ3n) is 3.36. The van der Waals surface area contributed by atoms with Gasteiger partial charge in [0.05, 0.1) is 0 Å². The fraction of sp³-hybridized carbons (Fsp3) is 0.125. The van der Waals surface area contributed by atoms with Crippen molar-refractivity contribution in [2.24, 2.45) is 5.73 Å². The Morgan fingerprint density at radius 1 is 1.20 bits per heavy atom. The highest BCUT2D eigenvalue weighted by molar-refractivity contribution is 9.10. The molecule has 0 amide bonds. The van der Waals surface area contributed by atoms with Crippen molar-refractivity contribution >= 4 is 37.4 Å². The minimum Gasteiger partial charge on any atom is -0.324 e. The van der Waals surface area contributed by atoms with Crippen LogP contribution in [-0.2, 0) is 6.42 Å². The van der Waals surface area contributed by atoms with Crippen molar-refractivity contribution in [1.29, 1.82) is 0 Å². The molecule has 0 fully saturated rings. The average molecular weight is 350 g/mol. The Balaban J connectivity index is 1.92. The number of hydrogen-bond acceptors (Lipinski definition) is 2. The van der Waals surface area contributed by atoms with Gasteiger partial charge in [0.15, 0.2) is 0 Å². The van der Waals surface area contributed by atoms with E-state index in [9.17, 15) is 4.39 Å². The molecule has 4 heteroatoms. The number of hydrogen-bond donors (Lipinski definition) is 1. The number of nitrogens with two attached hydrogens (primary N) is 1. The zero-order valence-corrected chi connectivity index (χ0v) is 13.0. The summed E-state index contributed by atoms with van der Waals surface area (Å²) in [6.45, 7) is 0. The molecule has 0 radical (unpaired) electrons. The lowest BCUT2D eigenvalue weighted by atomic mass is 9.99. The lowest BCUT2D eigenvalue weighted by molar-refractivity contribution is 0.618. The van der Waals surface area contributed by atoms with E-state index >= 15 is 0 Å². The molecule has 0 saturated heterocycles. The van der Waals surface area contributed by atoms with Gasteiger partial charge in [-0.2, -0.15) is 0 Å². The highest BCUT2D eigenvalue weighted by Crippen LogP contribution is 2.31. The maximum absolute atomic E-state index is 13.4. The molecule has 3 aromatic rings. The molecule has 20 heavy (non-hydrogen) atoms. The van der Waals surface area contributed by atoms with Crippen LogP contribution in [0.4, 0.5) is 4.39 Å². The average Bonchev–Trinajstić information content (AvgIpc) is 2.85. The Bertz CT molecular complexity index is 753. The molecule has 102 valence electrons. The van der Waals surface area contributed by atoms with Crippen LogP contribution in [0, 0.1) is 5.82 Å². The van der Waals surface area contributed by atoms with Gasteiger partial charge in [-0.3, -0.25) is 0 Å². The first kappa shape index (κ1) is 13.7. The van der Waals surface area contributed by atoms with Gasteiger partial charge in [0.1, 0.15) is 5.82 Å². The van der Waals surface area contributed by atoms with Gasteiger partial charge in [0, 0.05) is 15.2 Å². The molecule has 1 unspecified atom stereocenters. The van der Waals surface area contributed by atoms with Crippen molar-refractivity contribution in [2.45, 2.75) is 12.5 Å². The molecular formula is C16H13BrFNS. The van der Waals surface area contributed by atoms with Crippen LogP contribution < -0.4 is 5.73 Å². The molecule has 0 spiro atoms. The summed E-state index contributed by atoms with van der Waals surface area (Å²) in [6, 6.07) is 12.7. The number of benzene rings is 2. The topological polar surface area (TPSA) is 26.0 Å². The lowest BCUT2D eigenvalue weighted by Gasteiger charge is -2.13. The Morgan fingerprint density at radius 2 is 2.00 bits per heavy atom. The lowest BCUT2D eigenvalue weighted by Crippen LogP contribution is -2.14. The van der Waals surface area contributed by atoms with Crippen molar-refractivity contribution in [3.8, 4) is 0 Å². The molecule has 0 bridgehead atoms. The van der Waals surface area contributed by atoms with Crippen molar-refractivity contribution in [2.75, 3.05) is 0 Å². The summed E-state index contributed by atoms with van der Waals surface area (Å²) in [5.74, 6) is -0.256. The fourth-order valence-corrected chi connectivity index (χ4v) is 3.85. The third-order valence-corrected chi connectivity index (χ3v) is 5.09. The van der Waals surface area contributed by atoms with E-state index in [0.717, 1.165) is 10.0 Å². The second-order valence-corrected chi connectivity index (χ2v) is 6.50. The van der Waals surface area contributed by atoms with Crippen molar-refractivity contribution in [3.05, 3.63) is 69.3 Å². The molecule has 3 rings (SSSR count).